The number of carbonyl (C=O) groups is 1. The molecule has 1 aliphatic carbocycles. The number of hydrogen-bond donors (Lipinski definition) is 1. The van der Waals surface area contributed by atoms with Crippen LogP contribution >= 0.6 is 0 Å². The number of carbonyl (C=O) groups excluding carboxylic acids is 1. The van der Waals surface area contributed by atoms with Crippen molar-refractivity contribution in [1.82, 2.24) is 4.90 Å². The lowest BCUT2D eigenvalue weighted by molar-refractivity contribution is -0.141. The molecule has 0 aromatic carbocycles. The Kier molecular flexibility index (Phi) is 3.22. The van der Waals surface area contributed by atoms with Crippen LogP contribution in [0.1, 0.15) is 26.2 Å². The van der Waals surface area contributed by atoms with Gasteiger partial charge in [0.1, 0.15) is 0 Å². The van der Waals surface area contributed by atoms with Crippen LogP contribution in [0.15, 0.2) is 0 Å². The maximum atomic E-state index is 12.3. The summed E-state index contributed by atoms with van der Waals surface area (Å²) in [4.78, 5) is 14.2. The van der Waals surface area contributed by atoms with E-state index in [-0.39, 0.29) is 17.4 Å². The van der Waals surface area contributed by atoms with Gasteiger partial charge in [-0.1, -0.05) is 6.92 Å². The molecule has 16 heavy (non-hydrogen) atoms. The van der Waals surface area contributed by atoms with Gasteiger partial charge in [-0.25, -0.2) is 0 Å². The summed E-state index contributed by atoms with van der Waals surface area (Å²) in [5.74, 6) is 0.797. The molecule has 1 aliphatic heterocycles. The van der Waals surface area contributed by atoms with Crippen LogP contribution in [-0.2, 0) is 9.53 Å². The minimum absolute atomic E-state index is 0.186. The summed E-state index contributed by atoms with van der Waals surface area (Å²) in [5.41, 5.74) is 5.48. The van der Waals surface area contributed by atoms with Crippen molar-refractivity contribution >= 4 is 5.91 Å². The Balaban J connectivity index is 1.98. The number of nitrogens with two attached hydrogens (primary N) is 1. The third-order valence-corrected chi connectivity index (χ3v) is 4.18. The Labute approximate surface area is 97.1 Å². The quantitative estimate of drug-likeness (QED) is 0.767. The zero-order valence-electron chi connectivity index (χ0n) is 10.2. The van der Waals surface area contributed by atoms with Crippen molar-refractivity contribution in [3.63, 3.8) is 0 Å². The normalized spacial score (nSPS) is 32.6. The fourth-order valence-electron chi connectivity index (χ4n) is 2.52. The molecule has 0 aromatic rings. The molecule has 92 valence electrons. The van der Waals surface area contributed by atoms with Gasteiger partial charge in [-0.05, 0) is 25.2 Å². The van der Waals surface area contributed by atoms with Gasteiger partial charge in [0.15, 0.2) is 0 Å². The van der Waals surface area contributed by atoms with Gasteiger partial charge in [-0.2, -0.15) is 0 Å². The SMILES string of the molecule is COC1CN(C(=O)C2(CN)CC2)CCC1C. The van der Waals surface area contributed by atoms with Crippen molar-refractivity contribution in [2.45, 2.75) is 32.3 Å². The number of hydrogen-bond acceptors (Lipinski definition) is 3. The van der Waals surface area contributed by atoms with Crippen molar-refractivity contribution in [2.24, 2.45) is 17.1 Å². The van der Waals surface area contributed by atoms with Gasteiger partial charge in [-0.3, -0.25) is 4.79 Å². The fourth-order valence-corrected chi connectivity index (χ4v) is 2.52. The smallest absolute Gasteiger partial charge is 0.230 e. The lowest BCUT2D eigenvalue weighted by Crippen LogP contribution is -2.50. The predicted octanol–water partition coefficient (Wildman–Crippen LogP) is 0.609. The second kappa shape index (κ2) is 4.34. The highest BCUT2D eigenvalue weighted by molar-refractivity contribution is 5.85. The first-order valence-corrected chi connectivity index (χ1v) is 6.15. The molecule has 1 amide bonds. The van der Waals surface area contributed by atoms with Crippen molar-refractivity contribution in [3.05, 3.63) is 0 Å². The topological polar surface area (TPSA) is 55.6 Å². The van der Waals surface area contributed by atoms with Gasteiger partial charge in [0.25, 0.3) is 0 Å². The zero-order valence-corrected chi connectivity index (χ0v) is 10.2. The molecule has 0 bridgehead atoms. The van der Waals surface area contributed by atoms with Gasteiger partial charge in [0, 0.05) is 26.7 Å². The van der Waals surface area contributed by atoms with E-state index in [1.165, 1.54) is 0 Å². The molecule has 2 unspecified atom stereocenters. The molecule has 0 spiro atoms. The number of likely N-dealkylation sites (tertiary alicyclic amines) is 1. The Morgan fingerprint density at radius 3 is 2.75 bits per heavy atom. The van der Waals surface area contributed by atoms with Gasteiger partial charge in [0.2, 0.25) is 5.91 Å². The predicted molar refractivity (Wildman–Crippen MR) is 61.9 cm³/mol. The summed E-state index contributed by atoms with van der Waals surface area (Å²) < 4.78 is 5.43. The summed E-state index contributed by atoms with van der Waals surface area (Å²) in [5, 5.41) is 0. The molecule has 2 aliphatic rings. The van der Waals surface area contributed by atoms with E-state index < -0.39 is 0 Å². The number of piperidine rings is 1. The number of nitrogens with zero attached hydrogens (tertiary/aromatic N) is 1. The van der Waals surface area contributed by atoms with E-state index in [0.29, 0.717) is 12.5 Å². The zero-order chi connectivity index (χ0) is 11.8. The van der Waals surface area contributed by atoms with Crippen LogP contribution in [0.5, 0.6) is 0 Å². The third kappa shape index (κ3) is 1.96. The van der Waals surface area contributed by atoms with Crippen LogP contribution < -0.4 is 5.73 Å². The Bertz CT molecular complexity index is 276. The van der Waals surface area contributed by atoms with Crippen LogP contribution in [0, 0.1) is 11.3 Å². The molecule has 4 nitrogen and oxygen atoms in total. The maximum Gasteiger partial charge on any atom is 0.230 e. The highest BCUT2D eigenvalue weighted by atomic mass is 16.5. The van der Waals surface area contributed by atoms with Gasteiger partial charge in [-0.15, -0.1) is 0 Å². The van der Waals surface area contributed by atoms with Crippen molar-refractivity contribution in [1.29, 1.82) is 0 Å². The largest absolute Gasteiger partial charge is 0.379 e. The van der Waals surface area contributed by atoms with E-state index in [0.717, 1.165) is 32.4 Å². The molecule has 0 aromatic heterocycles. The van der Waals surface area contributed by atoms with Crippen LogP contribution in [-0.4, -0.2) is 43.7 Å². The Morgan fingerprint density at radius 2 is 2.25 bits per heavy atom. The Hall–Kier alpha value is -0.610. The fraction of sp³-hybridized carbons (Fsp3) is 0.917. The molecule has 1 saturated carbocycles. The molecule has 1 saturated heterocycles. The average Bonchev–Trinajstić information content (AvgIpc) is 3.09. The van der Waals surface area contributed by atoms with Gasteiger partial charge in [0.05, 0.1) is 11.5 Å². The first-order chi connectivity index (χ1) is 7.63. The van der Waals surface area contributed by atoms with Crippen molar-refractivity contribution < 1.29 is 9.53 Å². The number of methoxy groups -OCH3 is 1. The molecule has 2 atom stereocenters. The van der Waals surface area contributed by atoms with E-state index >= 15 is 0 Å². The summed E-state index contributed by atoms with van der Waals surface area (Å²) in [6.45, 7) is 4.28. The standard InChI is InChI=1S/C12H22N2O2/c1-9-3-6-14(7-10(9)16-2)11(15)12(8-13)4-5-12/h9-10H,3-8,13H2,1-2H3. The molecular weight excluding hydrogens is 204 g/mol. The molecule has 1 heterocycles. The van der Waals surface area contributed by atoms with Crippen LogP contribution in [0.4, 0.5) is 0 Å². The summed E-state index contributed by atoms with van der Waals surface area (Å²) in [6, 6.07) is 0. The molecular formula is C12H22N2O2. The van der Waals surface area contributed by atoms with Gasteiger partial charge < -0.3 is 15.4 Å². The lowest BCUT2D eigenvalue weighted by Gasteiger charge is -2.37. The van der Waals surface area contributed by atoms with E-state index in [4.69, 9.17) is 10.5 Å². The molecule has 2 fully saturated rings. The van der Waals surface area contributed by atoms with Crippen molar-refractivity contribution in [2.75, 3.05) is 26.7 Å². The highest BCUT2D eigenvalue weighted by Crippen LogP contribution is 2.46. The molecule has 4 heteroatoms. The van der Waals surface area contributed by atoms with E-state index in [1.807, 2.05) is 4.90 Å². The molecule has 0 radical (unpaired) electrons. The maximum absolute atomic E-state index is 12.3. The van der Waals surface area contributed by atoms with E-state index in [2.05, 4.69) is 6.92 Å². The second-order valence-electron chi connectivity index (χ2n) is 5.28. The third-order valence-electron chi connectivity index (χ3n) is 4.18. The summed E-state index contributed by atoms with van der Waals surface area (Å²) in [7, 11) is 1.73. The average molecular weight is 226 g/mol. The lowest BCUT2D eigenvalue weighted by atomic mass is 9.94. The van der Waals surface area contributed by atoms with Gasteiger partial charge >= 0.3 is 0 Å². The Morgan fingerprint density at radius 1 is 1.56 bits per heavy atom. The number of rotatable bonds is 3. The minimum Gasteiger partial charge on any atom is -0.379 e. The summed E-state index contributed by atoms with van der Waals surface area (Å²) in [6.07, 6.45) is 3.15. The summed E-state index contributed by atoms with van der Waals surface area (Å²) >= 11 is 0. The molecule has 2 rings (SSSR count). The highest BCUT2D eigenvalue weighted by Gasteiger charge is 2.51. The first-order valence-electron chi connectivity index (χ1n) is 6.15. The number of amides is 1. The minimum atomic E-state index is -0.209. The second-order valence-corrected chi connectivity index (χ2v) is 5.28. The van der Waals surface area contributed by atoms with E-state index in [9.17, 15) is 4.79 Å². The number of ether oxygens (including phenoxy) is 1. The van der Waals surface area contributed by atoms with Crippen LogP contribution in [0.3, 0.4) is 0 Å². The van der Waals surface area contributed by atoms with Crippen LogP contribution in [0.2, 0.25) is 0 Å². The van der Waals surface area contributed by atoms with Crippen LogP contribution in [0.25, 0.3) is 0 Å². The molecule has 2 N–H and O–H groups in total. The van der Waals surface area contributed by atoms with Crippen molar-refractivity contribution in [3.8, 4) is 0 Å². The first kappa shape index (κ1) is 11.9. The van der Waals surface area contributed by atoms with E-state index in [1.54, 1.807) is 7.11 Å². The monoisotopic (exact) mass is 226 g/mol.